The number of benzene rings is 1. The summed E-state index contributed by atoms with van der Waals surface area (Å²) >= 11 is 0. The van der Waals surface area contributed by atoms with Crippen molar-refractivity contribution >= 4 is 10.0 Å². The van der Waals surface area contributed by atoms with Crippen molar-refractivity contribution in [2.45, 2.75) is 43.8 Å². The van der Waals surface area contributed by atoms with E-state index in [4.69, 9.17) is 0 Å². The van der Waals surface area contributed by atoms with Crippen LogP contribution in [0.3, 0.4) is 0 Å². The number of piperidine rings is 1. The lowest BCUT2D eigenvalue weighted by Gasteiger charge is -2.32. The van der Waals surface area contributed by atoms with Gasteiger partial charge in [-0.25, -0.2) is 13.1 Å². The van der Waals surface area contributed by atoms with Crippen LogP contribution in [-0.2, 0) is 16.2 Å². The number of likely N-dealkylation sites (N-methyl/N-ethyl adjacent to an activating group) is 1. The molecule has 130 valence electrons. The molecule has 8 heteroatoms. The van der Waals surface area contributed by atoms with E-state index in [-0.39, 0.29) is 16.5 Å². The minimum Gasteiger partial charge on any atom is -0.302 e. The number of nitrogens with one attached hydrogen (secondary N) is 1. The van der Waals surface area contributed by atoms with E-state index in [1.807, 2.05) is 6.92 Å². The maximum Gasteiger partial charge on any atom is 0.416 e. The van der Waals surface area contributed by atoms with E-state index in [2.05, 4.69) is 9.62 Å². The first-order valence-corrected chi connectivity index (χ1v) is 9.04. The van der Waals surface area contributed by atoms with E-state index in [9.17, 15) is 21.6 Å². The molecule has 2 rings (SSSR count). The number of sulfonamides is 1. The fraction of sp³-hybridized carbons (Fsp3) is 0.600. The predicted octanol–water partition coefficient (Wildman–Crippen LogP) is 2.78. The summed E-state index contributed by atoms with van der Waals surface area (Å²) in [7, 11) is -3.97. The van der Waals surface area contributed by atoms with E-state index in [1.54, 1.807) is 0 Å². The van der Waals surface area contributed by atoms with Crippen LogP contribution >= 0.6 is 0 Å². The van der Waals surface area contributed by atoms with Crippen LogP contribution in [0.25, 0.3) is 0 Å². The number of hydrogen-bond donors (Lipinski definition) is 1. The lowest BCUT2D eigenvalue weighted by Crippen LogP contribution is -2.47. The van der Waals surface area contributed by atoms with Crippen molar-refractivity contribution in [1.82, 2.24) is 9.62 Å². The summed E-state index contributed by atoms with van der Waals surface area (Å²) in [6, 6.07) is 2.84. The molecule has 23 heavy (non-hydrogen) atoms. The Morgan fingerprint density at radius 1 is 1.35 bits per heavy atom. The third-order valence-electron chi connectivity index (χ3n) is 4.10. The number of halogens is 3. The van der Waals surface area contributed by atoms with Gasteiger partial charge in [0.15, 0.2) is 0 Å². The molecule has 1 aromatic rings. The van der Waals surface area contributed by atoms with Gasteiger partial charge in [-0.05, 0) is 50.6 Å². The van der Waals surface area contributed by atoms with Crippen molar-refractivity contribution in [2.24, 2.45) is 0 Å². The fourth-order valence-corrected chi connectivity index (χ4v) is 4.09. The van der Waals surface area contributed by atoms with Crippen LogP contribution < -0.4 is 4.72 Å². The Morgan fingerprint density at radius 2 is 2.04 bits per heavy atom. The van der Waals surface area contributed by atoms with Gasteiger partial charge in [0.2, 0.25) is 10.0 Å². The van der Waals surface area contributed by atoms with Crippen LogP contribution in [0, 0.1) is 6.92 Å². The van der Waals surface area contributed by atoms with Gasteiger partial charge in [-0.15, -0.1) is 0 Å². The van der Waals surface area contributed by atoms with Crippen molar-refractivity contribution in [3.05, 3.63) is 29.3 Å². The van der Waals surface area contributed by atoms with Crippen LogP contribution in [0.4, 0.5) is 13.2 Å². The average molecular weight is 350 g/mol. The molecule has 1 aromatic carbocycles. The lowest BCUT2D eigenvalue weighted by atomic mass is 10.1. The van der Waals surface area contributed by atoms with Gasteiger partial charge >= 0.3 is 6.18 Å². The molecule has 1 aliphatic rings. The van der Waals surface area contributed by atoms with Crippen LogP contribution in [0.15, 0.2) is 23.1 Å². The van der Waals surface area contributed by atoms with Gasteiger partial charge in [0.1, 0.15) is 0 Å². The number of nitrogens with zero attached hydrogens (tertiary/aromatic N) is 1. The van der Waals surface area contributed by atoms with Crippen molar-refractivity contribution in [1.29, 1.82) is 0 Å². The Hall–Kier alpha value is -1.12. The monoisotopic (exact) mass is 350 g/mol. The number of rotatable bonds is 4. The molecular weight excluding hydrogens is 329 g/mol. The van der Waals surface area contributed by atoms with E-state index >= 15 is 0 Å². The summed E-state index contributed by atoms with van der Waals surface area (Å²) in [5.74, 6) is 0. The van der Waals surface area contributed by atoms with E-state index in [0.717, 1.165) is 19.5 Å². The summed E-state index contributed by atoms with van der Waals surface area (Å²) < 4.78 is 66.2. The summed E-state index contributed by atoms with van der Waals surface area (Å²) in [5.41, 5.74) is -0.912. The Kier molecular flexibility index (Phi) is 5.37. The summed E-state index contributed by atoms with van der Waals surface area (Å²) in [6.07, 6.45) is -3.02. The van der Waals surface area contributed by atoms with Crippen molar-refractivity contribution in [3.63, 3.8) is 0 Å². The standard InChI is InChI=1S/C15H21F3N2O2S/c1-3-20-8-4-5-12(10-20)19-23(21,22)13-7-6-11(2)14(9-13)15(16,17)18/h6-7,9,12,19H,3-5,8,10H2,1-2H3. The summed E-state index contributed by atoms with van der Waals surface area (Å²) in [6.45, 7) is 5.62. The quantitative estimate of drug-likeness (QED) is 0.908. The number of hydrogen-bond acceptors (Lipinski definition) is 3. The van der Waals surface area contributed by atoms with Crippen LogP contribution in [0.1, 0.15) is 30.9 Å². The van der Waals surface area contributed by atoms with Crippen molar-refractivity contribution in [3.8, 4) is 0 Å². The first-order valence-electron chi connectivity index (χ1n) is 7.56. The Balaban J connectivity index is 2.23. The normalized spacial score (nSPS) is 20.7. The largest absolute Gasteiger partial charge is 0.416 e. The third-order valence-corrected chi connectivity index (χ3v) is 5.62. The molecular formula is C15H21F3N2O2S. The molecule has 0 spiro atoms. The maximum absolute atomic E-state index is 13.0. The Labute approximate surface area is 134 Å². The van der Waals surface area contributed by atoms with Crippen LogP contribution in [0.5, 0.6) is 0 Å². The SMILES string of the molecule is CCN1CCCC(NS(=O)(=O)c2ccc(C)c(C(F)(F)F)c2)C1. The van der Waals surface area contributed by atoms with Gasteiger partial charge in [-0.3, -0.25) is 0 Å². The van der Waals surface area contributed by atoms with E-state index in [0.29, 0.717) is 19.0 Å². The average Bonchev–Trinajstić information content (AvgIpc) is 2.46. The zero-order chi connectivity index (χ0) is 17.3. The topological polar surface area (TPSA) is 49.4 Å². The van der Waals surface area contributed by atoms with Gasteiger partial charge < -0.3 is 4.90 Å². The lowest BCUT2D eigenvalue weighted by molar-refractivity contribution is -0.138. The minimum absolute atomic E-state index is 0.00581. The molecule has 1 N–H and O–H groups in total. The van der Waals surface area contributed by atoms with E-state index in [1.165, 1.54) is 19.1 Å². The highest BCUT2D eigenvalue weighted by atomic mass is 32.2. The van der Waals surface area contributed by atoms with Gasteiger partial charge in [-0.2, -0.15) is 13.2 Å². The minimum atomic E-state index is -4.57. The molecule has 1 aliphatic heterocycles. The van der Waals surface area contributed by atoms with E-state index < -0.39 is 21.8 Å². The molecule has 1 saturated heterocycles. The number of aryl methyl sites for hydroxylation is 1. The van der Waals surface area contributed by atoms with Crippen molar-refractivity contribution in [2.75, 3.05) is 19.6 Å². The van der Waals surface area contributed by atoms with Gasteiger partial charge in [0.05, 0.1) is 10.5 Å². The van der Waals surface area contributed by atoms with Crippen molar-refractivity contribution < 1.29 is 21.6 Å². The molecule has 1 atom stereocenters. The zero-order valence-electron chi connectivity index (χ0n) is 13.2. The van der Waals surface area contributed by atoms with Crippen LogP contribution in [0.2, 0.25) is 0 Å². The Bertz CT molecular complexity index is 659. The van der Waals surface area contributed by atoms with Crippen LogP contribution in [-0.4, -0.2) is 39.0 Å². The highest BCUT2D eigenvalue weighted by molar-refractivity contribution is 7.89. The molecule has 1 heterocycles. The third kappa shape index (κ3) is 4.45. The zero-order valence-corrected chi connectivity index (χ0v) is 14.0. The summed E-state index contributed by atoms with van der Waals surface area (Å²) in [4.78, 5) is 1.77. The van der Waals surface area contributed by atoms with Gasteiger partial charge in [0, 0.05) is 12.6 Å². The van der Waals surface area contributed by atoms with Gasteiger partial charge in [0.25, 0.3) is 0 Å². The number of likely N-dealkylation sites (tertiary alicyclic amines) is 1. The second kappa shape index (κ2) is 6.78. The molecule has 0 radical (unpaired) electrons. The second-order valence-electron chi connectivity index (χ2n) is 5.83. The smallest absolute Gasteiger partial charge is 0.302 e. The molecule has 0 saturated carbocycles. The molecule has 0 aromatic heterocycles. The van der Waals surface area contributed by atoms with Gasteiger partial charge in [-0.1, -0.05) is 13.0 Å². The Morgan fingerprint density at radius 3 is 2.65 bits per heavy atom. The molecule has 0 bridgehead atoms. The fourth-order valence-electron chi connectivity index (χ4n) is 2.80. The molecule has 0 aliphatic carbocycles. The first-order chi connectivity index (χ1) is 10.6. The molecule has 4 nitrogen and oxygen atoms in total. The second-order valence-corrected chi connectivity index (χ2v) is 7.54. The highest BCUT2D eigenvalue weighted by Gasteiger charge is 2.34. The number of alkyl halides is 3. The first kappa shape index (κ1) is 18.2. The maximum atomic E-state index is 13.0. The predicted molar refractivity (Wildman–Crippen MR) is 81.6 cm³/mol. The molecule has 1 fully saturated rings. The highest BCUT2D eigenvalue weighted by Crippen LogP contribution is 2.33. The summed E-state index contributed by atoms with van der Waals surface area (Å²) in [5, 5.41) is 0. The molecule has 1 unspecified atom stereocenters. The molecule has 0 amide bonds.